The van der Waals surface area contributed by atoms with Gasteiger partial charge in [-0.3, -0.25) is 10.1 Å². The number of carbonyl (C=O) groups is 1. The van der Waals surface area contributed by atoms with E-state index < -0.39 is 0 Å². The quantitative estimate of drug-likeness (QED) is 0.864. The Bertz CT molecular complexity index is 604. The highest BCUT2D eigenvalue weighted by Gasteiger charge is 2.19. The Kier molecular flexibility index (Phi) is 4.50. The average molecular weight is 372 g/mol. The lowest BCUT2D eigenvalue weighted by atomic mass is 9.97. The lowest BCUT2D eigenvalue weighted by Gasteiger charge is -2.20. The number of thiazole rings is 1. The Morgan fingerprint density at radius 3 is 2.95 bits per heavy atom. The molecule has 3 heterocycles. The number of nitrogens with zero attached hydrogens (tertiary/aromatic N) is 1. The van der Waals surface area contributed by atoms with Crippen LogP contribution in [0.15, 0.2) is 22.1 Å². The topological polar surface area (TPSA) is 54.0 Å². The minimum Gasteiger partial charge on any atom is -0.317 e. The van der Waals surface area contributed by atoms with Crippen molar-refractivity contribution in [2.75, 3.05) is 18.4 Å². The molecule has 0 saturated carbocycles. The molecule has 0 bridgehead atoms. The molecule has 106 valence electrons. The normalized spacial score (nSPS) is 16.2. The fourth-order valence-corrected chi connectivity index (χ4v) is 4.68. The van der Waals surface area contributed by atoms with Gasteiger partial charge in [0.25, 0.3) is 5.91 Å². The van der Waals surface area contributed by atoms with E-state index in [4.69, 9.17) is 0 Å². The molecule has 2 aromatic rings. The molecule has 1 fully saturated rings. The third-order valence-electron chi connectivity index (χ3n) is 3.31. The van der Waals surface area contributed by atoms with Crippen molar-refractivity contribution >= 4 is 49.6 Å². The third kappa shape index (κ3) is 3.11. The Labute approximate surface area is 133 Å². The number of aromatic nitrogens is 1. The number of hydrogen-bond acceptors (Lipinski definition) is 5. The van der Waals surface area contributed by atoms with Gasteiger partial charge in [-0.05, 0) is 59.2 Å². The van der Waals surface area contributed by atoms with Crippen LogP contribution in [-0.4, -0.2) is 24.0 Å². The minimum atomic E-state index is -0.0990. The first-order chi connectivity index (χ1) is 9.74. The van der Waals surface area contributed by atoms with E-state index in [-0.39, 0.29) is 5.91 Å². The molecule has 2 N–H and O–H groups in total. The summed E-state index contributed by atoms with van der Waals surface area (Å²) in [6.07, 6.45) is 4.19. The van der Waals surface area contributed by atoms with E-state index in [1.54, 1.807) is 11.3 Å². The number of amides is 1. The van der Waals surface area contributed by atoms with E-state index in [0.717, 1.165) is 30.4 Å². The van der Waals surface area contributed by atoms with Crippen molar-refractivity contribution in [1.82, 2.24) is 10.3 Å². The molecule has 1 aliphatic heterocycles. The smallest absolute Gasteiger partial charge is 0.268 e. The molecule has 3 rings (SSSR count). The van der Waals surface area contributed by atoms with Crippen LogP contribution in [0.1, 0.15) is 33.3 Å². The third-order valence-corrected chi connectivity index (χ3v) is 6.22. The summed E-state index contributed by atoms with van der Waals surface area (Å²) in [7, 11) is 0. The number of piperidine rings is 1. The maximum atomic E-state index is 12.1. The van der Waals surface area contributed by atoms with Gasteiger partial charge in [0.15, 0.2) is 5.13 Å². The zero-order valence-corrected chi connectivity index (χ0v) is 13.9. The van der Waals surface area contributed by atoms with Gasteiger partial charge in [-0.15, -0.1) is 22.7 Å². The van der Waals surface area contributed by atoms with Crippen LogP contribution in [-0.2, 0) is 0 Å². The van der Waals surface area contributed by atoms with Crippen LogP contribution < -0.4 is 10.6 Å². The summed E-state index contributed by atoms with van der Waals surface area (Å²) < 4.78 is 0.829. The first-order valence-electron chi connectivity index (χ1n) is 6.45. The van der Waals surface area contributed by atoms with Crippen molar-refractivity contribution in [2.45, 2.75) is 18.8 Å². The van der Waals surface area contributed by atoms with Crippen LogP contribution in [0.3, 0.4) is 0 Å². The summed E-state index contributed by atoms with van der Waals surface area (Å²) in [6, 6.07) is 1.88. The Morgan fingerprint density at radius 1 is 1.45 bits per heavy atom. The molecular formula is C13H14BrN3OS2. The lowest BCUT2D eigenvalue weighted by molar-refractivity contribution is 0.103. The largest absolute Gasteiger partial charge is 0.317 e. The molecule has 0 aromatic carbocycles. The second-order valence-electron chi connectivity index (χ2n) is 4.64. The molecule has 0 aliphatic carbocycles. The van der Waals surface area contributed by atoms with Gasteiger partial charge in [0.1, 0.15) is 4.88 Å². The highest BCUT2D eigenvalue weighted by Crippen LogP contribution is 2.32. The van der Waals surface area contributed by atoms with E-state index in [9.17, 15) is 4.79 Å². The maximum Gasteiger partial charge on any atom is 0.268 e. The van der Waals surface area contributed by atoms with Crippen LogP contribution >= 0.6 is 38.6 Å². The van der Waals surface area contributed by atoms with Crippen molar-refractivity contribution in [1.29, 1.82) is 0 Å². The fourth-order valence-electron chi connectivity index (χ4n) is 2.25. The molecular weight excluding hydrogens is 358 g/mol. The zero-order valence-electron chi connectivity index (χ0n) is 10.7. The summed E-state index contributed by atoms with van der Waals surface area (Å²) >= 11 is 6.38. The molecule has 7 heteroatoms. The van der Waals surface area contributed by atoms with Crippen LogP contribution in [0.2, 0.25) is 0 Å². The van der Waals surface area contributed by atoms with E-state index >= 15 is 0 Å². The Morgan fingerprint density at radius 2 is 2.25 bits per heavy atom. The van der Waals surface area contributed by atoms with E-state index in [1.807, 2.05) is 17.6 Å². The first-order valence-corrected chi connectivity index (χ1v) is 8.94. The summed E-state index contributed by atoms with van der Waals surface area (Å²) in [4.78, 5) is 18.4. The van der Waals surface area contributed by atoms with Crippen molar-refractivity contribution < 1.29 is 4.79 Å². The first kappa shape index (κ1) is 14.2. The molecule has 1 aliphatic rings. The van der Waals surface area contributed by atoms with Crippen molar-refractivity contribution in [3.8, 4) is 0 Å². The van der Waals surface area contributed by atoms with Gasteiger partial charge in [0.2, 0.25) is 0 Å². The molecule has 0 radical (unpaired) electrons. The second-order valence-corrected chi connectivity index (χ2v) is 7.48. The molecule has 0 atom stereocenters. The van der Waals surface area contributed by atoms with Crippen LogP contribution in [0.5, 0.6) is 0 Å². The number of hydrogen-bond donors (Lipinski definition) is 2. The molecule has 0 spiro atoms. The fraction of sp³-hybridized carbons (Fsp3) is 0.385. The standard InChI is InChI=1S/C13H14BrN3OS2/c14-9-3-6-19-11(9)12(18)17-13-16-7-10(20-13)8-1-4-15-5-2-8/h3,6-8,15H,1-2,4-5H2,(H,16,17,18). The minimum absolute atomic E-state index is 0.0990. The van der Waals surface area contributed by atoms with Gasteiger partial charge in [0, 0.05) is 15.5 Å². The SMILES string of the molecule is O=C(Nc1ncc(C2CCNCC2)s1)c1sccc1Br. The monoisotopic (exact) mass is 371 g/mol. The number of carbonyl (C=O) groups excluding carboxylic acids is 1. The highest BCUT2D eigenvalue weighted by atomic mass is 79.9. The second kappa shape index (κ2) is 6.34. The summed E-state index contributed by atoms with van der Waals surface area (Å²) in [6.45, 7) is 2.12. The number of anilines is 1. The summed E-state index contributed by atoms with van der Waals surface area (Å²) in [5, 5.41) is 8.81. The van der Waals surface area contributed by atoms with Gasteiger partial charge < -0.3 is 5.32 Å². The van der Waals surface area contributed by atoms with E-state index in [2.05, 4.69) is 31.5 Å². The van der Waals surface area contributed by atoms with Crippen LogP contribution in [0.25, 0.3) is 0 Å². The number of nitrogens with one attached hydrogen (secondary N) is 2. The predicted molar refractivity (Wildman–Crippen MR) is 86.9 cm³/mol. The van der Waals surface area contributed by atoms with Gasteiger partial charge in [0.05, 0.1) is 0 Å². The van der Waals surface area contributed by atoms with Gasteiger partial charge in [-0.25, -0.2) is 4.98 Å². The van der Waals surface area contributed by atoms with Crippen LogP contribution in [0.4, 0.5) is 5.13 Å². The van der Waals surface area contributed by atoms with Gasteiger partial charge in [-0.2, -0.15) is 0 Å². The average Bonchev–Trinajstić information content (AvgIpc) is 3.09. The van der Waals surface area contributed by atoms with E-state index in [1.165, 1.54) is 16.2 Å². The molecule has 4 nitrogen and oxygen atoms in total. The lowest BCUT2D eigenvalue weighted by Crippen LogP contribution is -2.26. The zero-order chi connectivity index (χ0) is 13.9. The summed E-state index contributed by atoms with van der Waals surface area (Å²) in [5.74, 6) is 0.478. The molecule has 20 heavy (non-hydrogen) atoms. The molecule has 1 saturated heterocycles. The van der Waals surface area contributed by atoms with E-state index in [0.29, 0.717) is 15.9 Å². The van der Waals surface area contributed by atoms with Crippen LogP contribution in [0, 0.1) is 0 Å². The Balaban J connectivity index is 1.68. The molecule has 2 aromatic heterocycles. The number of thiophene rings is 1. The van der Waals surface area contributed by atoms with Crippen molar-refractivity contribution in [3.63, 3.8) is 0 Å². The highest BCUT2D eigenvalue weighted by molar-refractivity contribution is 9.10. The van der Waals surface area contributed by atoms with Crippen molar-refractivity contribution in [3.05, 3.63) is 31.9 Å². The molecule has 1 amide bonds. The van der Waals surface area contributed by atoms with Gasteiger partial charge in [-0.1, -0.05) is 0 Å². The predicted octanol–water partition coefficient (Wildman–Crippen LogP) is 3.69. The van der Waals surface area contributed by atoms with Crippen molar-refractivity contribution in [2.24, 2.45) is 0 Å². The number of rotatable bonds is 3. The molecule has 0 unspecified atom stereocenters. The maximum absolute atomic E-state index is 12.1. The summed E-state index contributed by atoms with van der Waals surface area (Å²) in [5.41, 5.74) is 0. The Hall–Kier alpha value is -0.760. The van der Waals surface area contributed by atoms with Gasteiger partial charge >= 0.3 is 0 Å². The number of halogens is 1.